The standard InChI is InChI=1S/C20H19NO/c1-3-20(2,15-22)18-11-7-10-17-12-13-21(19(17)18)14-16-8-5-4-6-9-16/h3-13,15H,1,14H2,2H3/t20-/m0/s1. The Kier molecular flexibility index (Phi) is 3.68. The average Bonchev–Trinajstić information content (AvgIpc) is 2.98. The summed E-state index contributed by atoms with van der Waals surface area (Å²) < 4.78 is 2.20. The number of carbonyl (C=O) groups is 1. The summed E-state index contributed by atoms with van der Waals surface area (Å²) in [6.07, 6.45) is 4.76. The molecule has 3 aromatic rings. The van der Waals surface area contributed by atoms with Gasteiger partial charge in [0.05, 0.1) is 10.9 Å². The number of carbonyl (C=O) groups excluding carboxylic acids is 1. The maximum Gasteiger partial charge on any atom is 0.134 e. The molecule has 110 valence electrons. The van der Waals surface area contributed by atoms with E-state index in [0.717, 1.165) is 29.3 Å². The first-order valence-corrected chi connectivity index (χ1v) is 7.40. The van der Waals surface area contributed by atoms with Crippen LogP contribution in [0.3, 0.4) is 0 Å². The molecule has 0 fully saturated rings. The molecule has 2 aromatic carbocycles. The van der Waals surface area contributed by atoms with Crippen LogP contribution in [0.25, 0.3) is 10.9 Å². The molecule has 0 N–H and O–H groups in total. The lowest BCUT2D eigenvalue weighted by molar-refractivity contribution is -0.110. The Bertz CT molecular complexity index is 806. The topological polar surface area (TPSA) is 22.0 Å². The number of hydrogen-bond donors (Lipinski definition) is 0. The number of aromatic nitrogens is 1. The van der Waals surface area contributed by atoms with Gasteiger partial charge in [-0.15, -0.1) is 6.58 Å². The molecule has 1 aromatic heterocycles. The van der Waals surface area contributed by atoms with E-state index in [0.29, 0.717) is 0 Å². The van der Waals surface area contributed by atoms with Gasteiger partial charge in [-0.05, 0) is 29.5 Å². The van der Waals surface area contributed by atoms with Crippen LogP contribution in [-0.4, -0.2) is 10.9 Å². The average molecular weight is 289 g/mol. The van der Waals surface area contributed by atoms with Gasteiger partial charge in [0.15, 0.2) is 0 Å². The highest BCUT2D eigenvalue weighted by atomic mass is 16.1. The van der Waals surface area contributed by atoms with E-state index < -0.39 is 5.41 Å². The van der Waals surface area contributed by atoms with Crippen LogP contribution >= 0.6 is 0 Å². The summed E-state index contributed by atoms with van der Waals surface area (Å²) in [5.74, 6) is 0. The van der Waals surface area contributed by atoms with Crippen LogP contribution < -0.4 is 0 Å². The summed E-state index contributed by atoms with van der Waals surface area (Å²) in [5.41, 5.74) is 2.66. The molecule has 0 amide bonds. The first kappa shape index (κ1) is 14.3. The molecule has 0 aliphatic rings. The first-order chi connectivity index (χ1) is 10.7. The zero-order chi connectivity index (χ0) is 15.6. The Morgan fingerprint density at radius 2 is 1.86 bits per heavy atom. The molecule has 0 unspecified atom stereocenters. The predicted octanol–water partition coefficient (Wildman–Crippen LogP) is 4.33. The number of aldehydes is 1. The van der Waals surface area contributed by atoms with Crippen molar-refractivity contribution in [2.45, 2.75) is 18.9 Å². The largest absolute Gasteiger partial charge is 0.343 e. The fourth-order valence-electron chi connectivity index (χ4n) is 2.83. The molecule has 0 aliphatic heterocycles. The maximum absolute atomic E-state index is 11.6. The van der Waals surface area contributed by atoms with E-state index in [1.165, 1.54) is 5.56 Å². The fourth-order valence-corrected chi connectivity index (χ4v) is 2.83. The third-order valence-electron chi connectivity index (χ3n) is 4.23. The Morgan fingerprint density at radius 1 is 1.09 bits per heavy atom. The summed E-state index contributed by atoms with van der Waals surface area (Å²) >= 11 is 0. The van der Waals surface area contributed by atoms with Gasteiger partial charge in [-0.3, -0.25) is 0 Å². The molecule has 3 rings (SSSR count). The van der Waals surface area contributed by atoms with Crippen LogP contribution in [0, 0.1) is 0 Å². The second kappa shape index (κ2) is 5.64. The van der Waals surface area contributed by atoms with Crippen LogP contribution in [0.2, 0.25) is 0 Å². The molecule has 0 bridgehead atoms. The summed E-state index contributed by atoms with van der Waals surface area (Å²) in [7, 11) is 0. The zero-order valence-electron chi connectivity index (χ0n) is 12.7. The molecule has 2 nitrogen and oxygen atoms in total. The van der Waals surface area contributed by atoms with Crippen molar-refractivity contribution in [2.75, 3.05) is 0 Å². The number of hydrogen-bond acceptors (Lipinski definition) is 1. The van der Waals surface area contributed by atoms with Crippen molar-refractivity contribution in [1.29, 1.82) is 0 Å². The van der Waals surface area contributed by atoms with Gasteiger partial charge in [-0.2, -0.15) is 0 Å². The number of para-hydroxylation sites is 1. The highest BCUT2D eigenvalue weighted by Crippen LogP contribution is 2.31. The van der Waals surface area contributed by atoms with Crippen molar-refractivity contribution in [1.82, 2.24) is 4.57 Å². The summed E-state index contributed by atoms with van der Waals surface area (Å²) in [6, 6.07) is 18.5. The molecule has 0 radical (unpaired) electrons. The fraction of sp³-hybridized carbons (Fsp3) is 0.150. The zero-order valence-corrected chi connectivity index (χ0v) is 12.7. The lowest BCUT2D eigenvalue weighted by Gasteiger charge is -2.21. The summed E-state index contributed by atoms with van der Waals surface area (Å²) in [4.78, 5) is 11.6. The lowest BCUT2D eigenvalue weighted by atomic mass is 9.83. The van der Waals surface area contributed by atoms with Gasteiger partial charge in [0.2, 0.25) is 0 Å². The normalized spacial score (nSPS) is 13.7. The minimum Gasteiger partial charge on any atom is -0.343 e. The molecule has 0 saturated carbocycles. The van der Waals surface area contributed by atoms with E-state index in [9.17, 15) is 4.79 Å². The highest BCUT2D eigenvalue weighted by molar-refractivity contribution is 5.89. The van der Waals surface area contributed by atoms with Crippen LogP contribution in [0.15, 0.2) is 73.4 Å². The second-order valence-corrected chi connectivity index (χ2v) is 5.78. The molecular weight excluding hydrogens is 270 g/mol. The molecule has 1 heterocycles. The third kappa shape index (κ3) is 2.37. The molecule has 2 heteroatoms. The summed E-state index contributed by atoms with van der Waals surface area (Å²) in [5, 5.41) is 1.14. The van der Waals surface area contributed by atoms with Crippen molar-refractivity contribution in [3.05, 3.63) is 84.6 Å². The van der Waals surface area contributed by atoms with Crippen molar-refractivity contribution in [2.24, 2.45) is 0 Å². The van der Waals surface area contributed by atoms with Gasteiger partial charge in [-0.25, -0.2) is 0 Å². The molecule has 22 heavy (non-hydrogen) atoms. The SMILES string of the molecule is C=C[C@@](C)(C=O)c1cccc2ccn(Cc3ccccc3)c12. The van der Waals surface area contributed by atoms with Gasteiger partial charge in [-0.1, -0.05) is 54.6 Å². The Morgan fingerprint density at radius 3 is 2.55 bits per heavy atom. The first-order valence-electron chi connectivity index (χ1n) is 7.40. The molecular formula is C20H19NO. The molecule has 0 spiro atoms. The Balaban J connectivity index is 2.17. The number of allylic oxidation sites excluding steroid dienone is 1. The van der Waals surface area contributed by atoms with Crippen LogP contribution in [0.4, 0.5) is 0 Å². The van der Waals surface area contributed by atoms with E-state index in [2.05, 4.69) is 41.6 Å². The number of rotatable bonds is 5. The van der Waals surface area contributed by atoms with Crippen molar-refractivity contribution in [3.8, 4) is 0 Å². The quantitative estimate of drug-likeness (QED) is 0.506. The van der Waals surface area contributed by atoms with Gasteiger partial charge in [0, 0.05) is 12.7 Å². The number of nitrogens with zero attached hydrogens (tertiary/aromatic N) is 1. The van der Waals surface area contributed by atoms with Crippen molar-refractivity contribution >= 4 is 17.2 Å². The van der Waals surface area contributed by atoms with E-state index in [4.69, 9.17) is 0 Å². The predicted molar refractivity (Wildman–Crippen MR) is 91.1 cm³/mol. The minimum atomic E-state index is -0.674. The van der Waals surface area contributed by atoms with E-state index in [-0.39, 0.29) is 0 Å². The van der Waals surface area contributed by atoms with Crippen LogP contribution in [-0.2, 0) is 16.8 Å². The Hall–Kier alpha value is -2.61. The van der Waals surface area contributed by atoms with Crippen LogP contribution in [0.5, 0.6) is 0 Å². The highest BCUT2D eigenvalue weighted by Gasteiger charge is 2.25. The number of benzene rings is 2. The monoisotopic (exact) mass is 289 g/mol. The van der Waals surface area contributed by atoms with E-state index in [1.54, 1.807) is 6.08 Å². The molecule has 0 aliphatic carbocycles. The third-order valence-corrected chi connectivity index (χ3v) is 4.23. The lowest BCUT2D eigenvalue weighted by Crippen LogP contribution is -2.21. The minimum absolute atomic E-state index is 0.674. The van der Waals surface area contributed by atoms with Crippen molar-refractivity contribution in [3.63, 3.8) is 0 Å². The van der Waals surface area contributed by atoms with E-state index in [1.807, 2.05) is 37.3 Å². The smallest absolute Gasteiger partial charge is 0.134 e. The second-order valence-electron chi connectivity index (χ2n) is 5.78. The molecule has 0 saturated heterocycles. The van der Waals surface area contributed by atoms with Gasteiger partial charge >= 0.3 is 0 Å². The maximum atomic E-state index is 11.6. The summed E-state index contributed by atoms with van der Waals surface area (Å²) in [6.45, 7) is 6.53. The Labute approximate surface area is 130 Å². The van der Waals surface area contributed by atoms with E-state index >= 15 is 0 Å². The molecule has 1 atom stereocenters. The van der Waals surface area contributed by atoms with Crippen molar-refractivity contribution < 1.29 is 4.79 Å². The van der Waals surface area contributed by atoms with Gasteiger partial charge in [0.25, 0.3) is 0 Å². The van der Waals surface area contributed by atoms with Gasteiger partial charge in [0.1, 0.15) is 6.29 Å². The number of fused-ring (bicyclic) bond motifs is 1. The van der Waals surface area contributed by atoms with Crippen LogP contribution in [0.1, 0.15) is 18.1 Å². The van der Waals surface area contributed by atoms with Gasteiger partial charge < -0.3 is 9.36 Å².